The van der Waals surface area contributed by atoms with Crippen molar-refractivity contribution in [2.24, 2.45) is 0 Å². The number of aryl methyl sites for hydroxylation is 1. The third-order valence-electron chi connectivity index (χ3n) is 2.22. The summed E-state index contributed by atoms with van der Waals surface area (Å²) < 4.78 is 5.55. The Balaban J connectivity index is 1.72. The highest BCUT2D eigenvalue weighted by molar-refractivity contribution is 7.09. The zero-order valence-electron chi connectivity index (χ0n) is 9.60. The molecule has 0 spiro atoms. The Kier molecular flexibility index (Phi) is 5.23. The lowest BCUT2D eigenvalue weighted by Gasteiger charge is -2.04. The fourth-order valence-corrected chi connectivity index (χ4v) is 2.64. The van der Waals surface area contributed by atoms with Gasteiger partial charge in [0.1, 0.15) is 5.75 Å². The number of hydrogen-bond acceptors (Lipinski definition) is 4. The quantitative estimate of drug-likeness (QED) is 0.599. The van der Waals surface area contributed by atoms with Crippen molar-refractivity contribution in [2.75, 3.05) is 6.61 Å². The summed E-state index contributed by atoms with van der Waals surface area (Å²) in [6.45, 7) is 0.623. The first kappa shape index (κ1) is 13.6. The van der Waals surface area contributed by atoms with E-state index in [9.17, 15) is 0 Å². The van der Waals surface area contributed by atoms with Crippen LogP contribution in [0.3, 0.4) is 0 Å². The fraction of sp³-hybridized carbons (Fsp3) is 0.333. The molecule has 0 radical (unpaired) electrons. The first-order chi connectivity index (χ1) is 8.78. The molecule has 0 saturated carbocycles. The van der Waals surface area contributed by atoms with E-state index < -0.39 is 0 Å². The summed E-state index contributed by atoms with van der Waals surface area (Å²) in [6.07, 6.45) is 5.04. The van der Waals surface area contributed by atoms with Crippen LogP contribution in [0.4, 0.5) is 0 Å². The maximum Gasteiger partial charge on any atom is 0.139 e. The summed E-state index contributed by atoms with van der Waals surface area (Å²) in [4.78, 5) is 8.34. The number of hydrogen-bond donors (Lipinski definition) is 0. The van der Waals surface area contributed by atoms with Gasteiger partial charge in [0.2, 0.25) is 0 Å². The van der Waals surface area contributed by atoms with Gasteiger partial charge in [-0.05, 0) is 6.42 Å². The third kappa shape index (κ3) is 4.12. The van der Waals surface area contributed by atoms with Crippen LogP contribution >= 0.6 is 34.5 Å². The molecule has 0 atom stereocenters. The largest absolute Gasteiger partial charge is 0.492 e. The average molecular weight is 303 g/mol. The molecule has 0 unspecified atom stereocenters. The Labute approximate surface area is 120 Å². The summed E-state index contributed by atoms with van der Waals surface area (Å²) in [5.74, 6) is 1.17. The Morgan fingerprint density at radius 3 is 2.94 bits per heavy atom. The second-order valence-electron chi connectivity index (χ2n) is 3.66. The van der Waals surface area contributed by atoms with E-state index in [0.717, 1.165) is 23.5 Å². The normalized spacial score (nSPS) is 10.6. The molecule has 0 aliphatic carbocycles. The number of alkyl halides is 1. The number of halogens is 2. The van der Waals surface area contributed by atoms with Gasteiger partial charge < -0.3 is 4.74 Å². The van der Waals surface area contributed by atoms with Crippen LogP contribution in [-0.4, -0.2) is 16.6 Å². The lowest BCUT2D eigenvalue weighted by atomic mass is 10.3. The van der Waals surface area contributed by atoms with Gasteiger partial charge in [-0.25, -0.2) is 4.98 Å². The van der Waals surface area contributed by atoms with Gasteiger partial charge in [-0.15, -0.1) is 22.9 Å². The van der Waals surface area contributed by atoms with Crippen LogP contribution in [0.2, 0.25) is 5.02 Å². The van der Waals surface area contributed by atoms with Crippen LogP contribution in [-0.2, 0) is 12.3 Å². The molecule has 2 aromatic heterocycles. The first-order valence-electron chi connectivity index (χ1n) is 5.50. The molecular formula is C12H12Cl2N2OS. The van der Waals surface area contributed by atoms with E-state index in [4.69, 9.17) is 27.9 Å². The summed E-state index contributed by atoms with van der Waals surface area (Å²) in [6, 6.07) is 1.75. The van der Waals surface area contributed by atoms with E-state index >= 15 is 0 Å². The molecule has 2 rings (SSSR count). The zero-order chi connectivity index (χ0) is 12.8. The summed E-state index contributed by atoms with van der Waals surface area (Å²) in [5, 5.41) is 3.67. The second kappa shape index (κ2) is 6.92. The van der Waals surface area contributed by atoms with Gasteiger partial charge in [-0.2, -0.15) is 0 Å². The summed E-state index contributed by atoms with van der Waals surface area (Å²) >= 11 is 13.1. The van der Waals surface area contributed by atoms with Gasteiger partial charge in [0.05, 0.1) is 34.4 Å². The number of rotatable bonds is 6. The van der Waals surface area contributed by atoms with Crippen molar-refractivity contribution >= 4 is 34.5 Å². The maximum absolute atomic E-state index is 5.81. The van der Waals surface area contributed by atoms with Gasteiger partial charge in [-0.3, -0.25) is 4.98 Å². The number of ether oxygens (including phenoxy) is 1. The van der Waals surface area contributed by atoms with Gasteiger partial charge >= 0.3 is 0 Å². The van der Waals surface area contributed by atoms with Crippen molar-refractivity contribution in [2.45, 2.75) is 18.7 Å². The monoisotopic (exact) mass is 302 g/mol. The van der Waals surface area contributed by atoms with Crippen LogP contribution in [0.25, 0.3) is 0 Å². The minimum atomic E-state index is 0.473. The van der Waals surface area contributed by atoms with Crippen LogP contribution < -0.4 is 4.74 Å². The Morgan fingerprint density at radius 1 is 1.33 bits per heavy atom. The molecule has 0 amide bonds. The van der Waals surface area contributed by atoms with Crippen molar-refractivity contribution in [1.29, 1.82) is 0 Å². The van der Waals surface area contributed by atoms with E-state index in [1.807, 2.05) is 5.38 Å². The molecule has 3 nitrogen and oxygen atoms in total. The van der Waals surface area contributed by atoms with Crippen LogP contribution in [0.1, 0.15) is 17.1 Å². The van der Waals surface area contributed by atoms with E-state index in [1.54, 1.807) is 29.8 Å². The highest BCUT2D eigenvalue weighted by Crippen LogP contribution is 2.16. The van der Waals surface area contributed by atoms with Crippen molar-refractivity contribution in [3.63, 3.8) is 0 Å². The molecule has 0 saturated heterocycles. The van der Waals surface area contributed by atoms with Gasteiger partial charge in [0.15, 0.2) is 0 Å². The number of nitrogens with zero attached hydrogens (tertiary/aromatic N) is 2. The lowest BCUT2D eigenvalue weighted by Crippen LogP contribution is -1.99. The molecule has 0 bridgehead atoms. The number of thiazole rings is 1. The Bertz CT molecular complexity index is 504. The molecule has 0 aromatic carbocycles. The summed E-state index contributed by atoms with van der Waals surface area (Å²) in [7, 11) is 0. The topological polar surface area (TPSA) is 35.0 Å². The number of aromatic nitrogens is 2. The highest BCUT2D eigenvalue weighted by Gasteiger charge is 2.01. The fourth-order valence-electron chi connectivity index (χ4n) is 1.41. The molecule has 0 aliphatic heterocycles. The van der Waals surface area contributed by atoms with E-state index in [2.05, 4.69) is 9.97 Å². The molecule has 2 heterocycles. The van der Waals surface area contributed by atoms with Gasteiger partial charge in [0.25, 0.3) is 0 Å². The minimum Gasteiger partial charge on any atom is -0.492 e. The van der Waals surface area contributed by atoms with Crippen LogP contribution in [0.15, 0.2) is 23.8 Å². The zero-order valence-corrected chi connectivity index (χ0v) is 11.9. The van der Waals surface area contributed by atoms with E-state index in [1.165, 1.54) is 0 Å². The molecule has 2 aromatic rings. The van der Waals surface area contributed by atoms with Crippen LogP contribution in [0, 0.1) is 0 Å². The van der Waals surface area contributed by atoms with Gasteiger partial charge in [0, 0.05) is 24.1 Å². The van der Waals surface area contributed by atoms with Crippen molar-refractivity contribution in [3.05, 3.63) is 39.6 Å². The predicted molar refractivity (Wildman–Crippen MR) is 74.7 cm³/mol. The molecule has 0 N–H and O–H groups in total. The Morgan fingerprint density at radius 2 is 2.22 bits per heavy atom. The van der Waals surface area contributed by atoms with E-state index in [0.29, 0.717) is 23.3 Å². The molecule has 0 fully saturated rings. The number of pyridine rings is 1. The van der Waals surface area contributed by atoms with Crippen molar-refractivity contribution in [1.82, 2.24) is 9.97 Å². The molecule has 6 heteroatoms. The molecule has 18 heavy (non-hydrogen) atoms. The van der Waals surface area contributed by atoms with Crippen LogP contribution in [0.5, 0.6) is 5.75 Å². The van der Waals surface area contributed by atoms with Crippen molar-refractivity contribution in [3.8, 4) is 5.75 Å². The van der Waals surface area contributed by atoms with E-state index in [-0.39, 0.29) is 0 Å². The standard InChI is InChI=1S/C12H12Cl2N2OS/c13-5-10-8-18-12(16-10)2-1-3-17-11-4-9(14)6-15-7-11/h4,6-8H,1-3,5H2. The molecule has 0 aliphatic rings. The van der Waals surface area contributed by atoms with Gasteiger partial charge in [-0.1, -0.05) is 11.6 Å². The summed E-state index contributed by atoms with van der Waals surface area (Å²) in [5.41, 5.74) is 0.941. The maximum atomic E-state index is 5.81. The third-order valence-corrected chi connectivity index (χ3v) is 3.66. The SMILES string of the molecule is ClCc1csc(CCCOc2cncc(Cl)c2)n1. The smallest absolute Gasteiger partial charge is 0.139 e. The minimum absolute atomic E-state index is 0.473. The average Bonchev–Trinajstić information content (AvgIpc) is 2.83. The highest BCUT2D eigenvalue weighted by atomic mass is 35.5. The predicted octanol–water partition coefficient (Wildman–Crippen LogP) is 3.94. The molecular weight excluding hydrogens is 291 g/mol. The second-order valence-corrected chi connectivity index (χ2v) is 5.30. The first-order valence-corrected chi connectivity index (χ1v) is 7.30. The Hall–Kier alpha value is -0.840. The molecule has 96 valence electrons. The van der Waals surface area contributed by atoms with Crippen molar-refractivity contribution < 1.29 is 4.74 Å². The lowest BCUT2D eigenvalue weighted by molar-refractivity contribution is 0.310.